The van der Waals surface area contributed by atoms with Crippen LogP contribution in [0.1, 0.15) is 37.7 Å². The number of ether oxygens (including phenoxy) is 1. The van der Waals surface area contributed by atoms with Gasteiger partial charge in [-0.2, -0.15) is 0 Å². The number of methoxy groups -OCH3 is 1. The minimum Gasteiger partial charge on any atom is -0.491 e. The Balaban J connectivity index is 2.57. The van der Waals surface area contributed by atoms with Gasteiger partial charge < -0.3 is 9.84 Å². The summed E-state index contributed by atoms with van der Waals surface area (Å²) >= 11 is 0. The highest BCUT2D eigenvalue weighted by Crippen LogP contribution is 2.42. The van der Waals surface area contributed by atoms with Crippen molar-refractivity contribution in [1.29, 1.82) is 0 Å². The lowest BCUT2D eigenvalue weighted by Gasteiger charge is -2.34. The minimum absolute atomic E-state index is 0.0259. The highest BCUT2D eigenvalue weighted by molar-refractivity contribution is 5.81. The third kappa shape index (κ3) is 2.17. The summed E-state index contributed by atoms with van der Waals surface area (Å²) in [4.78, 5) is 11.6. The van der Waals surface area contributed by atoms with E-state index in [0.29, 0.717) is 12.8 Å². The molecule has 0 amide bonds. The van der Waals surface area contributed by atoms with Crippen LogP contribution in [0.15, 0.2) is 12.1 Å². The van der Waals surface area contributed by atoms with Crippen molar-refractivity contribution in [3.63, 3.8) is 0 Å². The van der Waals surface area contributed by atoms with Gasteiger partial charge in [0, 0.05) is 5.56 Å². The lowest BCUT2D eigenvalue weighted by molar-refractivity contribution is -0.145. The maximum Gasteiger partial charge on any atom is 0.314 e. The van der Waals surface area contributed by atoms with Crippen molar-refractivity contribution in [3.05, 3.63) is 29.3 Å². The Morgan fingerprint density at radius 3 is 2.42 bits per heavy atom. The fraction of sp³-hybridized carbons (Fsp3) is 0.500. The highest BCUT2D eigenvalue weighted by Gasteiger charge is 2.44. The molecule has 1 aromatic carbocycles. The fourth-order valence-corrected chi connectivity index (χ4v) is 2.84. The predicted molar refractivity (Wildman–Crippen MR) is 65.3 cm³/mol. The van der Waals surface area contributed by atoms with Gasteiger partial charge in [0.05, 0.1) is 12.5 Å². The molecule has 1 saturated carbocycles. The molecule has 0 saturated heterocycles. The standard InChI is InChI=1S/C14H16F2O3/c1-19-12-10(15)6-5-9(11(12)16)14(13(17)18)7-3-2-4-8-14/h5-6H,2-4,7-8H2,1H3,(H,17,18). The van der Waals surface area contributed by atoms with Crippen LogP contribution >= 0.6 is 0 Å². The summed E-state index contributed by atoms with van der Waals surface area (Å²) in [5.74, 6) is -3.28. The third-order valence-electron chi connectivity index (χ3n) is 3.89. The second-order valence-corrected chi connectivity index (χ2v) is 4.89. The number of carboxylic acids is 1. The molecular weight excluding hydrogens is 254 g/mol. The van der Waals surface area contributed by atoms with Gasteiger partial charge in [0.15, 0.2) is 17.4 Å². The van der Waals surface area contributed by atoms with Gasteiger partial charge in [-0.05, 0) is 18.9 Å². The Kier molecular flexibility index (Phi) is 3.73. The fourth-order valence-electron chi connectivity index (χ4n) is 2.84. The SMILES string of the molecule is COc1c(F)ccc(C2(C(=O)O)CCCCC2)c1F. The van der Waals surface area contributed by atoms with Crippen molar-refractivity contribution in [3.8, 4) is 5.75 Å². The van der Waals surface area contributed by atoms with Crippen LogP contribution in [0, 0.1) is 11.6 Å². The Morgan fingerprint density at radius 1 is 1.26 bits per heavy atom. The molecule has 1 N–H and O–H groups in total. The van der Waals surface area contributed by atoms with E-state index in [-0.39, 0.29) is 5.56 Å². The lowest BCUT2D eigenvalue weighted by atomic mass is 9.69. The van der Waals surface area contributed by atoms with Crippen molar-refractivity contribution in [2.75, 3.05) is 7.11 Å². The van der Waals surface area contributed by atoms with Gasteiger partial charge in [-0.3, -0.25) is 4.79 Å². The number of benzene rings is 1. The molecule has 3 nitrogen and oxygen atoms in total. The normalized spacial score (nSPS) is 18.1. The Hall–Kier alpha value is -1.65. The third-order valence-corrected chi connectivity index (χ3v) is 3.89. The number of halogens is 2. The highest BCUT2D eigenvalue weighted by atomic mass is 19.1. The smallest absolute Gasteiger partial charge is 0.314 e. The summed E-state index contributed by atoms with van der Waals surface area (Å²) in [7, 11) is 1.17. The van der Waals surface area contributed by atoms with Gasteiger partial charge in [0.1, 0.15) is 0 Å². The maximum atomic E-state index is 14.3. The molecule has 1 fully saturated rings. The van der Waals surface area contributed by atoms with E-state index in [2.05, 4.69) is 4.74 Å². The van der Waals surface area contributed by atoms with Crippen LogP contribution in [0.4, 0.5) is 8.78 Å². The van der Waals surface area contributed by atoms with E-state index in [9.17, 15) is 18.7 Å². The predicted octanol–water partition coefficient (Wildman–Crippen LogP) is 3.26. The van der Waals surface area contributed by atoms with Crippen LogP contribution in [0.25, 0.3) is 0 Å². The van der Waals surface area contributed by atoms with Gasteiger partial charge >= 0.3 is 5.97 Å². The van der Waals surface area contributed by atoms with Crippen molar-refractivity contribution in [2.24, 2.45) is 0 Å². The molecule has 0 aromatic heterocycles. The molecule has 2 rings (SSSR count). The monoisotopic (exact) mass is 270 g/mol. The number of rotatable bonds is 3. The first-order chi connectivity index (χ1) is 9.03. The van der Waals surface area contributed by atoms with Crippen LogP contribution in [0.5, 0.6) is 5.75 Å². The molecule has 0 atom stereocenters. The van der Waals surface area contributed by atoms with Gasteiger partial charge in [-0.1, -0.05) is 25.3 Å². The topological polar surface area (TPSA) is 46.5 Å². The molecule has 1 aliphatic rings. The largest absolute Gasteiger partial charge is 0.491 e. The number of aliphatic carboxylic acids is 1. The Bertz CT molecular complexity index is 494. The van der Waals surface area contributed by atoms with E-state index in [1.807, 2.05) is 0 Å². The zero-order valence-electron chi connectivity index (χ0n) is 10.7. The van der Waals surface area contributed by atoms with E-state index in [4.69, 9.17) is 0 Å². The van der Waals surface area contributed by atoms with Gasteiger partial charge in [0.25, 0.3) is 0 Å². The molecule has 0 heterocycles. The van der Waals surface area contributed by atoms with Crippen LogP contribution in [0.3, 0.4) is 0 Å². The van der Waals surface area contributed by atoms with Crippen molar-refractivity contribution < 1.29 is 23.4 Å². The molecule has 5 heteroatoms. The quantitative estimate of drug-likeness (QED) is 0.917. The van der Waals surface area contributed by atoms with Crippen LogP contribution in [-0.2, 0) is 10.2 Å². The summed E-state index contributed by atoms with van der Waals surface area (Å²) in [6, 6.07) is 2.29. The van der Waals surface area contributed by atoms with Gasteiger partial charge in [-0.25, -0.2) is 8.78 Å². The maximum absolute atomic E-state index is 14.3. The van der Waals surface area contributed by atoms with E-state index >= 15 is 0 Å². The molecular formula is C14H16F2O3. The Labute approximate surface area is 110 Å². The number of hydrogen-bond donors (Lipinski definition) is 1. The number of carboxylic acid groups (broad SMARTS) is 1. The summed E-state index contributed by atoms with van der Waals surface area (Å²) in [5.41, 5.74) is -1.23. The van der Waals surface area contributed by atoms with Crippen molar-refractivity contribution in [1.82, 2.24) is 0 Å². The number of hydrogen-bond acceptors (Lipinski definition) is 2. The summed E-state index contributed by atoms with van der Waals surface area (Å²) in [6.45, 7) is 0. The van der Waals surface area contributed by atoms with Gasteiger partial charge in [0.2, 0.25) is 0 Å². The molecule has 0 bridgehead atoms. The Morgan fingerprint density at radius 2 is 1.89 bits per heavy atom. The first-order valence-corrected chi connectivity index (χ1v) is 6.29. The summed E-state index contributed by atoms with van der Waals surface area (Å²) < 4.78 is 32.4. The van der Waals surface area contributed by atoms with Crippen LogP contribution in [0.2, 0.25) is 0 Å². The molecule has 0 aliphatic heterocycles. The van der Waals surface area contributed by atoms with Crippen LogP contribution in [-0.4, -0.2) is 18.2 Å². The molecule has 104 valence electrons. The summed E-state index contributed by atoms with van der Waals surface area (Å²) in [6.07, 6.45) is 3.13. The second kappa shape index (κ2) is 5.15. The zero-order chi connectivity index (χ0) is 14.0. The van der Waals surface area contributed by atoms with Crippen molar-refractivity contribution in [2.45, 2.75) is 37.5 Å². The van der Waals surface area contributed by atoms with Crippen LogP contribution < -0.4 is 4.74 Å². The van der Waals surface area contributed by atoms with E-state index in [0.717, 1.165) is 25.3 Å². The second-order valence-electron chi connectivity index (χ2n) is 4.89. The molecule has 19 heavy (non-hydrogen) atoms. The first kappa shape index (κ1) is 13.8. The molecule has 0 spiro atoms. The molecule has 1 aliphatic carbocycles. The average molecular weight is 270 g/mol. The van der Waals surface area contributed by atoms with Gasteiger partial charge in [-0.15, -0.1) is 0 Å². The summed E-state index contributed by atoms with van der Waals surface area (Å²) in [5, 5.41) is 9.50. The zero-order valence-corrected chi connectivity index (χ0v) is 10.7. The first-order valence-electron chi connectivity index (χ1n) is 6.29. The van der Waals surface area contributed by atoms with E-state index < -0.39 is 28.8 Å². The minimum atomic E-state index is -1.26. The average Bonchev–Trinajstić information content (AvgIpc) is 2.40. The molecule has 1 aromatic rings. The lowest BCUT2D eigenvalue weighted by Crippen LogP contribution is -2.38. The van der Waals surface area contributed by atoms with Crippen molar-refractivity contribution >= 4 is 5.97 Å². The molecule has 0 unspecified atom stereocenters. The molecule has 0 radical (unpaired) electrons. The number of carbonyl (C=O) groups is 1. The van der Waals surface area contributed by atoms with E-state index in [1.165, 1.54) is 13.2 Å². The van der Waals surface area contributed by atoms with E-state index in [1.54, 1.807) is 0 Å².